The number of rotatable bonds is 6. The summed E-state index contributed by atoms with van der Waals surface area (Å²) >= 11 is 0. The van der Waals surface area contributed by atoms with Gasteiger partial charge in [0, 0.05) is 38.0 Å². The zero-order valence-corrected chi connectivity index (χ0v) is 22.7. The lowest BCUT2D eigenvalue weighted by Crippen LogP contribution is -2.38. The highest BCUT2D eigenvalue weighted by atomic mass is 32.2. The Morgan fingerprint density at radius 1 is 1.06 bits per heavy atom. The summed E-state index contributed by atoms with van der Waals surface area (Å²) in [4.78, 5) is 18.8. The van der Waals surface area contributed by atoms with Gasteiger partial charge in [0.05, 0.1) is 30.1 Å². The summed E-state index contributed by atoms with van der Waals surface area (Å²) < 4.78 is 39.9. The van der Waals surface area contributed by atoms with Gasteiger partial charge in [-0.2, -0.15) is 0 Å². The van der Waals surface area contributed by atoms with Crippen molar-refractivity contribution < 1.29 is 22.7 Å². The number of carbonyl (C=O) groups is 1. The summed E-state index contributed by atoms with van der Waals surface area (Å²) in [5.41, 5.74) is 1.33. The van der Waals surface area contributed by atoms with E-state index in [1.807, 2.05) is 11.0 Å². The van der Waals surface area contributed by atoms with Crippen LogP contribution in [0.3, 0.4) is 0 Å². The molecule has 1 saturated heterocycles. The minimum Gasteiger partial charge on any atom is -0.497 e. The van der Waals surface area contributed by atoms with Crippen molar-refractivity contribution in [1.29, 1.82) is 0 Å². The molecule has 0 atom stereocenters. The van der Waals surface area contributed by atoms with E-state index in [9.17, 15) is 13.2 Å². The minimum absolute atomic E-state index is 0.0814. The number of fused-ring (bicyclic) bond motifs is 1. The molecule has 0 aliphatic carbocycles. The number of amides is 1. The van der Waals surface area contributed by atoms with E-state index in [0.29, 0.717) is 17.2 Å². The predicted molar refractivity (Wildman–Crippen MR) is 138 cm³/mol. The number of aromatic nitrogens is 2. The molecule has 9 heteroatoms. The van der Waals surface area contributed by atoms with E-state index in [1.54, 1.807) is 31.2 Å². The maximum atomic E-state index is 13.6. The number of benzene rings is 2. The Morgan fingerprint density at radius 2 is 1.75 bits per heavy atom. The van der Waals surface area contributed by atoms with E-state index in [-0.39, 0.29) is 26.9 Å². The first-order valence-electron chi connectivity index (χ1n) is 12.2. The highest BCUT2D eigenvalue weighted by Crippen LogP contribution is 2.35. The van der Waals surface area contributed by atoms with Crippen LogP contribution in [-0.4, -0.2) is 56.1 Å². The molecule has 0 spiro atoms. The van der Waals surface area contributed by atoms with Crippen molar-refractivity contribution in [1.82, 2.24) is 14.5 Å². The van der Waals surface area contributed by atoms with E-state index in [0.717, 1.165) is 43.8 Å². The van der Waals surface area contributed by atoms with Gasteiger partial charge >= 0.3 is 0 Å². The van der Waals surface area contributed by atoms with Gasteiger partial charge in [-0.05, 0) is 49.1 Å². The van der Waals surface area contributed by atoms with Crippen LogP contribution in [0.25, 0.3) is 11.0 Å². The summed E-state index contributed by atoms with van der Waals surface area (Å²) in [6.07, 6.45) is 1.87. The van der Waals surface area contributed by atoms with Crippen molar-refractivity contribution in [3.8, 4) is 11.5 Å². The second kappa shape index (κ2) is 9.76. The number of sulfone groups is 1. The fourth-order valence-corrected chi connectivity index (χ4v) is 6.27. The highest BCUT2D eigenvalue weighted by Gasteiger charge is 2.29. The molecule has 0 radical (unpaired) electrons. The van der Waals surface area contributed by atoms with Gasteiger partial charge in [-0.15, -0.1) is 0 Å². The van der Waals surface area contributed by atoms with Gasteiger partial charge in [0.2, 0.25) is 15.7 Å². The maximum absolute atomic E-state index is 13.6. The van der Waals surface area contributed by atoms with E-state index in [4.69, 9.17) is 14.5 Å². The Labute approximate surface area is 213 Å². The van der Waals surface area contributed by atoms with Crippen LogP contribution in [-0.2, 0) is 26.6 Å². The molecule has 4 rings (SSSR count). The zero-order valence-electron chi connectivity index (χ0n) is 21.9. The summed E-state index contributed by atoms with van der Waals surface area (Å²) in [5, 5.41) is 0. The molecule has 0 bridgehead atoms. The van der Waals surface area contributed by atoms with Crippen LogP contribution in [0, 0.1) is 5.92 Å². The third-order valence-corrected chi connectivity index (χ3v) is 8.65. The lowest BCUT2D eigenvalue weighted by atomic mass is 9.93. The number of nitrogens with zero attached hydrogens (tertiary/aromatic N) is 3. The summed E-state index contributed by atoms with van der Waals surface area (Å²) in [6.45, 7) is 10.3. The molecule has 1 amide bonds. The van der Waals surface area contributed by atoms with E-state index < -0.39 is 9.84 Å². The van der Waals surface area contributed by atoms with Crippen LogP contribution < -0.4 is 9.47 Å². The Bertz CT molecular complexity index is 1380. The first-order chi connectivity index (χ1) is 17.0. The van der Waals surface area contributed by atoms with Crippen molar-refractivity contribution in [3.63, 3.8) is 0 Å². The summed E-state index contributed by atoms with van der Waals surface area (Å²) in [7, 11) is -0.886. The van der Waals surface area contributed by atoms with Gasteiger partial charge < -0.3 is 18.9 Å². The van der Waals surface area contributed by atoms with Crippen LogP contribution >= 0.6 is 0 Å². The molecule has 3 aromatic rings. The second-order valence-corrected chi connectivity index (χ2v) is 12.3. The number of hydrogen-bond acceptors (Lipinski definition) is 6. The zero-order chi connectivity index (χ0) is 26.3. The molecule has 1 aliphatic heterocycles. The van der Waals surface area contributed by atoms with E-state index in [2.05, 4.69) is 25.3 Å². The first kappa shape index (κ1) is 26.0. The molecule has 8 nitrogen and oxygen atoms in total. The number of carbonyl (C=O) groups excluding carboxylic acids is 1. The van der Waals surface area contributed by atoms with Crippen molar-refractivity contribution in [2.24, 2.45) is 5.92 Å². The maximum Gasteiger partial charge on any atom is 0.219 e. The van der Waals surface area contributed by atoms with Gasteiger partial charge in [0.25, 0.3) is 0 Å². The number of likely N-dealkylation sites (tertiary alicyclic amines) is 1. The second-order valence-electron chi connectivity index (χ2n) is 10.4. The Balaban J connectivity index is 1.73. The van der Waals surface area contributed by atoms with Gasteiger partial charge in [0.1, 0.15) is 22.2 Å². The number of methoxy groups -OCH3 is 2. The fourth-order valence-electron chi connectivity index (χ4n) is 4.85. The smallest absolute Gasteiger partial charge is 0.219 e. The third kappa shape index (κ3) is 4.93. The lowest BCUT2D eigenvalue weighted by Gasteiger charge is -2.32. The predicted octanol–water partition coefficient (Wildman–Crippen LogP) is 4.44. The number of ether oxygens (including phenoxy) is 2. The topological polar surface area (TPSA) is 90.7 Å². The largest absolute Gasteiger partial charge is 0.497 e. The molecule has 1 aromatic heterocycles. The molecule has 2 heterocycles. The Morgan fingerprint density at radius 3 is 2.33 bits per heavy atom. The van der Waals surface area contributed by atoms with Crippen molar-refractivity contribution in [2.45, 2.75) is 62.3 Å². The summed E-state index contributed by atoms with van der Waals surface area (Å²) in [6, 6.07) is 9.82. The van der Waals surface area contributed by atoms with Crippen LogP contribution in [0.5, 0.6) is 11.5 Å². The SMILES string of the molecule is COc1ccc(S(=O)(=O)c2ccc3c(c2)nc(C(C)(C)C)n3CC2CCN(C(C)=O)CC2)c(OC)c1. The molecule has 2 aromatic carbocycles. The van der Waals surface area contributed by atoms with Crippen molar-refractivity contribution in [3.05, 3.63) is 42.2 Å². The minimum atomic E-state index is -3.85. The van der Waals surface area contributed by atoms with Crippen LogP contribution in [0.2, 0.25) is 0 Å². The first-order valence-corrected chi connectivity index (χ1v) is 13.7. The van der Waals surface area contributed by atoms with Gasteiger partial charge in [-0.1, -0.05) is 20.8 Å². The van der Waals surface area contributed by atoms with Gasteiger partial charge in [-0.3, -0.25) is 4.79 Å². The molecule has 0 N–H and O–H groups in total. The molecule has 0 unspecified atom stereocenters. The van der Waals surface area contributed by atoms with Gasteiger partial charge in [0.15, 0.2) is 0 Å². The molecule has 1 fully saturated rings. The Hall–Kier alpha value is -3.07. The van der Waals surface area contributed by atoms with Crippen LogP contribution in [0.4, 0.5) is 0 Å². The average molecular weight is 514 g/mol. The van der Waals surface area contributed by atoms with Gasteiger partial charge in [-0.25, -0.2) is 13.4 Å². The molecule has 36 heavy (non-hydrogen) atoms. The van der Waals surface area contributed by atoms with Crippen molar-refractivity contribution >= 4 is 26.8 Å². The number of piperidine rings is 1. The van der Waals surface area contributed by atoms with E-state index >= 15 is 0 Å². The molecule has 1 aliphatic rings. The molecular weight excluding hydrogens is 478 g/mol. The fraction of sp³-hybridized carbons (Fsp3) is 0.481. The highest BCUT2D eigenvalue weighted by molar-refractivity contribution is 7.91. The molecular formula is C27H35N3O5S. The standard InChI is InChI=1S/C27H35N3O5S/c1-18(31)29-13-11-19(12-14-29)17-30-23-9-8-21(16-22(23)28-26(30)27(2,3)4)36(32,33)25-10-7-20(34-5)15-24(25)35-6/h7-10,15-16,19H,11-14,17H2,1-6H3. The van der Waals surface area contributed by atoms with Crippen LogP contribution in [0.15, 0.2) is 46.2 Å². The number of imidazole rings is 1. The van der Waals surface area contributed by atoms with Crippen molar-refractivity contribution in [2.75, 3.05) is 27.3 Å². The molecule has 0 saturated carbocycles. The lowest BCUT2D eigenvalue weighted by molar-refractivity contribution is -0.130. The quantitative estimate of drug-likeness (QED) is 0.484. The number of hydrogen-bond donors (Lipinski definition) is 0. The Kier molecular flexibility index (Phi) is 7.05. The normalized spacial score (nSPS) is 15.3. The monoisotopic (exact) mass is 513 g/mol. The molecule has 194 valence electrons. The van der Waals surface area contributed by atoms with Crippen LogP contribution in [0.1, 0.15) is 46.4 Å². The third-order valence-electron chi connectivity index (χ3n) is 6.86. The van der Waals surface area contributed by atoms with E-state index in [1.165, 1.54) is 20.3 Å². The average Bonchev–Trinajstić information content (AvgIpc) is 3.22. The summed E-state index contributed by atoms with van der Waals surface area (Å²) in [5.74, 6) is 2.21.